The lowest BCUT2D eigenvalue weighted by Gasteiger charge is -2.26. The second-order valence-electron chi connectivity index (χ2n) is 3.95. The van der Waals surface area contributed by atoms with Gasteiger partial charge in [-0.05, 0) is 50.0 Å². The molecule has 0 amide bonds. The minimum absolute atomic E-state index is 0.741. The van der Waals surface area contributed by atoms with Crippen LogP contribution in [-0.2, 0) is 6.54 Å². The Morgan fingerprint density at radius 2 is 1.80 bits per heavy atom. The third-order valence-corrected chi connectivity index (χ3v) is 2.79. The fraction of sp³-hybridized carbons (Fsp3) is 0.385. The molecule has 0 N–H and O–H groups in total. The molecule has 1 saturated heterocycles. The topological polar surface area (TPSA) is 27.0 Å². The van der Waals surface area contributed by atoms with E-state index in [0.29, 0.717) is 0 Å². The molecule has 0 aliphatic carbocycles. The van der Waals surface area contributed by atoms with Crippen LogP contribution in [0.5, 0.6) is 0 Å². The van der Waals surface area contributed by atoms with Gasteiger partial charge in [0.15, 0.2) is 0 Å². The van der Waals surface area contributed by atoms with Gasteiger partial charge < -0.3 is 0 Å². The number of piperidine rings is 1. The maximum absolute atomic E-state index is 8.69. The standard InChI is InChI=1S/C13H15N2/c14-10-12-4-6-13(7-5-12)11-15-8-2-1-3-9-15/h1,4-7H,2-3,8-9,11H2. The minimum Gasteiger partial charge on any atom is -0.299 e. The number of nitriles is 1. The zero-order chi connectivity index (χ0) is 10.5. The molecule has 1 fully saturated rings. The van der Waals surface area contributed by atoms with Crippen molar-refractivity contribution in [3.05, 3.63) is 41.8 Å². The van der Waals surface area contributed by atoms with Crippen molar-refractivity contribution in [1.82, 2.24) is 4.90 Å². The largest absolute Gasteiger partial charge is 0.299 e. The molecule has 0 aromatic heterocycles. The van der Waals surface area contributed by atoms with Crippen molar-refractivity contribution in [2.45, 2.75) is 19.4 Å². The van der Waals surface area contributed by atoms with Crippen molar-refractivity contribution in [1.29, 1.82) is 5.26 Å². The Bertz CT molecular complexity index is 342. The molecular weight excluding hydrogens is 184 g/mol. The maximum Gasteiger partial charge on any atom is 0.0991 e. The summed E-state index contributed by atoms with van der Waals surface area (Å²) >= 11 is 0. The quantitative estimate of drug-likeness (QED) is 0.731. The molecule has 0 unspecified atom stereocenters. The van der Waals surface area contributed by atoms with E-state index in [1.54, 1.807) is 0 Å². The average molecular weight is 199 g/mol. The second-order valence-corrected chi connectivity index (χ2v) is 3.95. The SMILES string of the molecule is N#Cc1ccc(CN2CC[CH]CC2)cc1. The van der Waals surface area contributed by atoms with Gasteiger partial charge in [-0.3, -0.25) is 4.90 Å². The Balaban J connectivity index is 1.95. The van der Waals surface area contributed by atoms with Crippen LogP contribution >= 0.6 is 0 Å². The summed E-state index contributed by atoms with van der Waals surface area (Å²) in [5, 5.41) is 8.69. The predicted octanol–water partition coefficient (Wildman–Crippen LogP) is 2.36. The monoisotopic (exact) mass is 199 g/mol. The molecule has 1 aromatic rings. The first-order valence-electron chi connectivity index (χ1n) is 5.41. The molecule has 0 spiro atoms. The van der Waals surface area contributed by atoms with E-state index in [2.05, 4.69) is 29.5 Å². The van der Waals surface area contributed by atoms with Gasteiger partial charge in [-0.15, -0.1) is 0 Å². The van der Waals surface area contributed by atoms with Crippen molar-refractivity contribution >= 4 is 0 Å². The van der Waals surface area contributed by atoms with E-state index in [-0.39, 0.29) is 0 Å². The summed E-state index contributed by atoms with van der Waals surface area (Å²) in [6, 6.07) is 10.0. The lowest BCUT2D eigenvalue weighted by molar-refractivity contribution is 0.246. The number of benzene rings is 1. The summed E-state index contributed by atoms with van der Waals surface area (Å²) in [6.07, 6.45) is 4.77. The van der Waals surface area contributed by atoms with Gasteiger partial charge in [0.2, 0.25) is 0 Å². The Kier molecular flexibility index (Phi) is 3.37. The summed E-state index contributed by atoms with van der Waals surface area (Å²) in [6.45, 7) is 3.35. The van der Waals surface area contributed by atoms with Crippen LogP contribution in [0.3, 0.4) is 0 Å². The molecule has 1 aliphatic heterocycles. The van der Waals surface area contributed by atoms with Gasteiger partial charge >= 0.3 is 0 Å². The molecule has 1 aromatic carbocycles. The van der Waals surface area contributed by atoms with E-state index in [1.807, 2.05) is 12.1 Å². The van der Waals surface area contributed by atoms with Gasteiger partial charge in [-0.1, -0.05) is 12.1 Å². The van der Waals surface area contributed by atoms with E-state index in [1.165, 1.54) is 31.5 Å². The average Bonchev–Trinajstić information content (AvgIpc) is 2.31. The molecule has 0 bridgehead atoms. The summed E-state index contributed by atoms with van der Waals surface area (Å²) in [5.74, 6) is 0. The Hall–Kier alpha value is -1.33. The first-order chi connectivity index (χ1) is 7.38. The molecule has 0 saturated carbocycles. The maximum atomic E-state index is 8.69. The first kappa shape index (κ1) is 10.2. The molecule has 77 valence electrons. The van der Waals surface area contributed by atoms with Crippen molar-refractivity contribution in [2.75, 3.05) is 13.1 Å². The van der Waals surface area contributed by atoms with Crippen LogP contribution in [0.4, 0.5) is 0 Å². The van der Waals surface area contributed by atoms with E-state index in [4.69, 9.17) is 5.26 Å². The highest BCUT2D eigenvalue weighted by atomic mass is 15.1. The van der Waals surface area contributed by atoms with Gasteiger partial charge in [0, 0.05) is 6.54 Å². The minimum atomic E-state index is 0.741. The van der Waals surface area contributed by atoms with Gasteiger partial charge in [-0.2, -0.15) is 5.26 Å². The molecular formula is C13H15N2. The van der Waals surface area contributed by atoms with E-state index >= 15 is 0 Å². The zero-order valence-corrected chi connectivity index (χ0v) is 8.82. The summed E-state index contributed by atoms with van der Waals surface area (Å²) in [7, 11) is 0. The summed E-state index contributed by atoms with van der Waals surface area (Å²) < 4.78 is 0. The fourth-order valence-corrected chi connectivity index (χ4v) is 1.90. The molecule has 1 aliphatic rings. The fourth-order valence-electron chi connectivity index (χ4n) is 1.90. The zero-order valence-electron chi connectivity index (χ0n) is 8.82. The first-order valence-corrected chi connectivity index (χ1v) is 5.41. The highest BCUT2D eigenvalue weighted by molar-refractivity contribution is 5.31. The smallest absolute Gasteiger partial charge is 0.0991 e. The molecule has 0 atom stereocenters. The lowest BCUT2D eigenvalue weighted by atomic mass is 10.1. The number of nitrogens with zero attached hydrogens (tertiary/aromatic N) is 2. The van der Waals surface area contributed by atoms with Gasteiger partial charge in [0.05, 0.1) is 11.6 Å². The van der Waals surface area contributed by atoms with Crippen LogP contribution in [0.25, 0.3) is 0 Å². The van der Waals surface area contributed by atoms with Crippen molar-refractivity contribution in [2.24, 2.45) is 0 Å². The van der Waals surface area contributed by atoms with E-state index in [9.17, 15) is 0 Å². The highest BCUT2D eigenvalue weighted by Crippen LogP contribution is 2.12. The van der Waals surface area contributed by atoms with Crippen molar-refractivity contribution < 1.29 is 0 Å². The van der Waals surface area contributed by atoms with Gasteiger partial charge in [0.1, 0.15) is 0 Å². The van der Waals surface area contributed by atoms with Crippen LogP contribution in [0.2, 0.25) is 0 Å². The second kappa shape index (κ2) is 4.95. The molecule has 2 nitrogen and oxygen atoms in total. The highest BCUT2D eigenvalue weighted by Gasteiger charge is 2.09. The summed E-state index contributed by atoms with van der Waals surface area (Å²) in [5.41, 5.74) is 2.04. The van der Waals surface area contributed by atoms with Crippen molar-refractivity contribution in [3.8, 4) is 6.07 Å². The third-order valence-electron chi connectivity index (χ3n) is 2.79. The molecule has 1 radical (unpaired) electrons. The Morgan fingerprint density at radius 1 is 1.13 bits per heavy atom. The number of hydrogen-bond donors (Lipinski definition) is 0. The van der Waals surface area contributed by atoms with Gasteiger partial charge in [-0.25, -0.2) is 0 Å². The molecule has 15 heavy (non-hydrogen) atoms. The Labute approximate surface area is 91.1 Å². The summed E-state index contributed by atoms with van der Waals surface area (Å²) in [4.78, 5) is 2.46. The molecule has 2 heteroatoms. The van der Waals surface area contributed by atoms with Crippen LogP contribution in [0.1, 0.15) is 24.0 Å². The van der Waals surface area contributed by atoms with Crippen molar-refractivity contribution in [3.63, 3.8) is 0 Å². The lowest BCUT2D eigenvalue weighted by Crippen LogP contribution is -2.29. The number of likely N-dealkylation sites (tertiary alicyclic amines) is 1. The van der Waals surface area contributed by atoms with Crippen LogP contribution < -0.4 is 0 Å². The molecule has 2 rings (SSSR count). The third kappa shape index (κ3) is 2.81. The van der Waals surface area contributed by atoms with Gasteiger partial charge in [0.25, 0.3) is 0 Å². The predicted molar refractivity (Wildman–Crippen MR) is 60.0 cm³/mol. The van der Waals surface area contributed by atoms with Crippen LogP contribution in [-0.4, -0.2) is 18.0 Å². The van der Waals surface area contributed by atoms with Crippen LogP contribution in [0, 0.1) is 17.8 Å². The Morgan fingerprint density at radius 3 is 2.40 bits per heavy atom. The molecule has 1 heterocycles. The van der Waals surface area contributed by atoms with E-state index in [0.717, 1.165) is 12.1 Å². The number of hydrogen-bond acceptors (Lipinski definition) is 2. The normalized spacial score (nSPS) is 17.3. The van der Waals surface area contributed by atoms with Crippen LogP contribution in [0.15, 0.2) is 24.3 Å². The van der Waals surface area contributed by atoms with E-state index < -0.39 is 0 Å². The number of rotatable bonds is 2.